The van der Waals surface area contributed by atoms with Gasteiger partial charge < -0.3 is 10.8 Å². The quantitative estimate of drug-likeness (QED) is 0.864. The van der Waals surface area contributed by atoms with Gasteiger partial charge in [0.25, 0.3) is 0 Å². The van der Waals surface area contributed by atoms with Crippen molar-refractivity contribution in [3.63, 3.8) is 0 Å². The van der Waals surface area contributed by atoms with Crippen LogP contribution in [0.2, 0.25) is 0 Å². The van der Waals surface area contributed by atoms with Gasteiger partial charge in [-0.3, -0.25) is 4.90 Å². The fourth-order valence-corrected chi connectivity index (χ4v) is 2.81. The first-order valence-electron chi connectivity index (χ1n) is 5.29. The first-order chi connectivity index (χ1) is 7.19. The van der Waals surface area contributed by atoms with Crippen LogP contribution in [-0.2, 0) is 6.54 Å². The Morgan fingerprint density at radius 3 is 2.88 bits per heavy atom. The van der Waals surface area contributed by atoms with E-state index in [1.54, 1.807) is 0 Å². The number of likely N-dealkylation sites (tertiary alicyclic amines) is 1. The second-order valence-corrected chi connectivity index (χ2v) is 5.24. The average molecular weight is 264 g/mol. The molecule has 16 heavy (non-hydrogen) atoms. The lowest BCUT2D eigenvalue weighted by molar-refractivity contribution is 0.139. The fraction of sp³-hybridized carbons (Fsp3) is 0.700. The van der Waals surface area contributed by atoms with E-state index in [4.69, 9.17) is 5.73 Å². The highest BCUT2D eigenvalue weighted by Crippen LogP contribution is 2.24. The van der Waals surface area contributed by atoms with Crippen molar-refractivity contribution < 1.29 is 5.11 Å². The summed E-state index contributed by atoms with van der Waals surface area (Å²) < 4.78 is 0. The highest BCUT2D eigenvalue weighted by molar-refractivity contribution is 7.15. The summed E-state index contributed by atoms with van der Waals surface area (Å²) in [7, 11) is 0. The number of thiazole rings is 1. The molecule has 1 aromatic heterocycles. The molecule has 1 aliphatic heterocycles. The van der Waals surface area contributed by atoms with Crippen LogP contribution >= 0.6 is 23.7 Å². The number of hydrogen-bond acceptors (Lipinski definition) is 5. The number of nitrogens with two attached hydrogens (primary N) is 1. The van der Waals surface area contributed by atoms with Crippen molar-refractivity contribution in [3.05, 3.63) is 11.1 Å². The summed E-state index contributed by atoms with van der Waals surface area (Å²) in [5.41, 5.74) is 5.57. The van der Waals surface area contributed by atoms with E-state index in [0.717, 1.165) is 26.1 Å². The number of nitrogens with zero attached hydrogens (tertiary/aromatic N) is 2. The second-order valence-electron chi connectivity index (χ2n) is 4.09. The van der Waals surface area contributed by atoms with Gasteiger partial charge in [0.15, 0.2) is 5.13 Å². The number of anilines is 1. The zero-order chi connectivity index (χ0) is 10.8. The Labute approximate surface area is 106 Å². The predicted octanol–water partition coefficient (Wildman–Crippen LogP) is 1.35. The summed E-state index contributed by atoms with van der Waals surface area (Å²) in [5.74, 6) is 0.426. The summed E-state index contributed by atoms with van der Waals surface area (Å²) in [5, 5.41) is 10.4. The maximum absolute atomic E-state index is 9.76. The molecule has 2 unspecified atom stereocenters. The van der Waals surface area contributed by atoms with Crippen molar-refractivity contribution in [3.8, 4) is 0 Å². The van der Waals surface area contributed by atoms with Crippen LogP contribution in [0.1, 0.15) is 18.2 Å². The van der Waals surface area contributed by atoms with Crippen LogP contribution in [0, 0.1) is 5.92 Å². The molecular formula is C10H18ClN3OS. The first-order valence-corrected chi connectivity index (χ1v) is 6.11. The van der Waals surface area contributed by atoms with E-state index in [-0.39, 0.29) is 18.5 Å². The summed E-state index contributed by atoms with van der Waals surface area (Å²) in [6.45, 7) is 4.75. The molecule has 3 N–H and O–H groups in total. The van der Waals surface area contributed by atoms with E-state index < -0.39 is 0 Å². The minimum atomic E-state index is -0.166. The zero-order valence-electron chi connectivity index (χ0n) is 9.30. The third-order valence-electron chi connectivity index (χ3n) is 2.96. The fourth-order valence-electron chi connectivity index (χ4n) is 2.09. The maximum Gasteiger partial charge on any atom is 0.180 e. The van der Waals surface area contributed by atoms with E-state index in [0.29, 0.717) is 11.0 Å². The van der Waals surface area contributed by atoms with Crippen LogP contribution in [-0.4, -0.2) is 34.2 Å². The number of rotatable bonds is 3. The average Bonchev–Trinajstić information content (AvgIpc) is 2.73. The Morgan fingerprint density at radius 2 is 2.38 bits per heavy atom. The lowest BCUT2D eigenvalue weighted by Gasteiger charge is -2.13. The molecule has 0 saturated carbocycles. The third-order valence-corrected chi connectivity index (χ3v) is 3.77. The first kappa shape index (κ1) is 13.7. The van der Waals surface area contributed by atoms with Gasteiger partial charge in [0.2, 0.25) is 0 Å². The third kappa shape index (κ3) is 3.07. The molecule has 1 aromatic rings. The number of aliphatic hydroxyl groups is 1. The zero-order valence-corrected chi connectivity index (χ0v) is 10.9. The van der Waals surface area contributed by atoms with Crippen LogP contribution in [0.25, 0.3) is 0 Å². The van der Waals surface area contributed by atoms with Gasteiger partial charge in [-0.2, -0.15) is 0 Å². The second kappa shape index (κ2) is 5.82. The lowest BCUT2D eigenvalue weighted by atomic mass is 10.0. The Kier molecular flexibility index (Phi) is 4.98. The van der Waals surface area contributed by atoms with Crippen LogP contribution in [0.15, 0.2) is 6.20 Å². The van der Waals surface area contributed by atoms with Gasteiger partial charge in [0, 0.05) is 30.7 Å². The van der Waals surface area contributed by atoms with Crippen molar-refractivity contribution in [2.24, 2.45) is 5.92 Å². The molecule has 2 rings (SSSR count). The van der Waals surface area contributed by atoms with Crippen molar-refractivity contribution in [2.45, 2.75) is 26.0 Å². The molecule has 2 atom stereocenters. The number of nitrogen functional groups attached to an aromatic ring is 1. The molecule has 0 aromatic carbocycles. The van der Waals surface area contributed by atoms with E-state index in [1.807, 2.05) is 6.20 Å². The van der Waals surface area contributed by atoms with Crippen molar-refractivity contribution in [2.75, 3.05) is 18.8 Å². The minimum Gasteiger partial charge on any atom is -0.391 e. The van der Waals surface area contributed by atoms with Gasteiger partial charge in [-0.05, 0) is 12.3 Å². The Morgan fingerprint density at radius 1 is 1.62 bits per heavy atom. The van der Waals surface area contributed by atoms with Crippen molar-refractivity contribution in [1.29, 1.82) is 0 Å². The lowest BCUT2D eigenvalue weighted by Crippen LogP contribution is -2.20. The SMILES string of the molecule is CCC1CN(Cc2cnc(N)s2)CC1O.Cl. The Hall–Kier alpha value is -0.360. The molecule has 4 nitrogen and oxygen atoms in total. The summed E-state index contributed by atoms with van der Waals surface area (Å²) in [6.07, 6.45) is 2.70. The van der Waals surface area contributed by atoms with Gasteiger partial charge >= 0.3 is 0 Å². The highest BCUT2D eigenvalue weighted by Gasteiger charge is 2.29. The topological polar surface area (TPSA) is 62.4 Å². The Bertz CT molecular complexity index is 334. The molecule has 0 radical (unpaired) electrons. The van der Waals surface area contributed by atoms with Gasteiger partial charge in [0.05, 0.1) is 6.10 Å². The van der Waals surface area contributed by atoms with Gasteiger partial charge in [-0.1, -0.05) is 6.92 Å². The highest BCUT2D eigenvalue weighted by atomic mass is 35.5. The van der Waals surface area contributed by atoms with Crippen LogP contribution < -0.4 is 5.73 Å². The standard InChI is InChI=1S/C10H17N3OS.ClH/c1-2-7-4-13(6-9(7)14)5-8-3-12-10(11)15-8;/h3,7,9,14H,2,4-6H2,1H3,(H2,11,12);1H. The molecule has 0 aliphatic carbocycles. The molecule has 0 bridgehead atoms. The molecular weight excluding hydrogens is 246 g/mol. The number of aromatic nitrogens is 1. The molecule has 1 saturated heterocycles. The molecule has 6 heteroatoms. The summed E-state index contributed by atoms with van der Waals surface area (Å²) in [4.78, 5) is 7.47. The summed E-state index contributed by atoms with van der Waals surface area (Å²) in [6, 6.07) is 0. The van der Waals surface area contributed by atoms with Gasteiger partial charge in [0.1, 0.15) is 0 Å². The molecule has 0 spiro atoms. The number of halogens is 1. The van der Waals surface area contributed by atoms with E-state index >= 15 is 0 Å². The minimum absolute atomic E-state index is 0. The largest absolute Gasteiger partial charge is 0.391 e. The van der Waals surface area contributed by atoms with Crippen molar-refractivity contribution in [1.82, 2.24) is 9.88 Å². The molecule has 0 amide bonds. The van der Waals surface area contributed by atoms with E-state index in [9.17, 15) is 5.11 Å². The predicted molar refractivity (Wildman–Crippen MR) is 68.8 cm³/mol. The molecule has 92 valence electrons. The maximum atomic E-state index is 9.76. The summed E-state index contributed by atoms with van der Waals surface area (Å²) >= 11 is 1.53. The monoisotopic (exact) mass is 263 g/mol. The van der Waals surface area contributed by atoms with Crippen LogP contribution in [0.3, 0.4) is 0 Å². The number of aliphatic hydroxyl groups excluding tert-OH is 1. The molecule has 1 fully saturated rings. The molecule has 1 aliphatic rings. The van der Waals surface area contributed by atoms with Gasteiger partial charge in [-0.25, -0.2) is 4.98 Å². The number of hydrogen-bond donors (Lipinski definition) is 2. The van der Waals surface area contributed by atoms with Gasteiger partial charge in [-0.15, -0.1) is 23.7 Å². The molecule has 2 heterocycles. The van der Waals surface area contributed by atoms with Crippen LogP contribution in [0.5, 0.6) is 0 Å². The van der Waals surface area contributed by atoms with E-state index in [1.165, 1.54) is 16.2 Å². The van der Waals surface area contributed by atoms with Crippen LogP contribution in [0.4, 0.5) is 5.13 Å². The Balaban J connectivity index is 0.00000128. The van der Waals surface area contributed by atoms with Crippen molar-refractivity contribution >= 4 is 28.9 Å². The van der Waals surface area contributed by atoms with E-state index in [2.05, 4.69) is 16.8 Å². The number of β-amino-alcohol motifs (C(OH)–C–C–N with tert-alkyl or cyclic N) is 1. The smallest absolute Gasteiger partial charge is 0.180 e. The normalized spacial score (nSPS) is 25.6.